The molecule has 0 aromatic rings. The molecule has 0 saturated heterocycles. The summed E-state index contributed by atoms with van der Waals surface area (Å²) in [6, 6.07) is 0. The van der Waals surface area contributed by atoms with Crippen LogP contribution in [0.25, 0.3) is 0 Å². The lowest BCUT2D eigenvalue weighted by Gasteiger charge is -1.95. The molecule has 0 aliphatic carbocycles. The molecule has 1 heteroatoms. The smallest absolute Gasteiger partial charge is 0.0337 e. The molecule has 0 unspecified atom stereocenters. The van der Waals surface area contributed by atoms with Crippen LogP contribution in [0.2, 0.25) is 0 Å². The Morgan fingerprint density at radius 1 is 1.20 bits per heavy atom. The molecular weight excluding hydrogens is 182 g/mol. The van der Waals surface area contributed by atoms with Gasteiger partial charge in [-0.25, -0.2) is 0 Å². The van der Waals surface area contributed by atoms with Crippen LogP contribution in [-0.2, 0) is 0 Å². The van der Waals surface area contributed by atoms with Gasteiger partial charge in [0.1, 0.15) is 0 Å². The first kappa shape index (κ1) is 16.2. The highest BCUT2D eigenvalue weighted by atomic mass is 14.6. The highest BCUT2D eigenvalue weighted by Crippen LogP contribution is 2.01. The molecule has 0 amide bonds. The Kier molecular flexibility index (Phi) is 11.7. The van der Waals surface area contributed by atoms with Crippen molar-refractivity contribution < 1.29 is 0 Å². The Morgan fingerprint density at radius 3 is 2.00 bits per heavy atom. The zero-order chi connectivity index (χ0) is 12.3. The molecule has 0 aliphatic heterocycles. The Labute approximate surface area is 95.1 Å². The Balaban J connectivity index is 0. The van der Waals surface area contributed by atoms with E-state index in [-0.39, 0.29) is 0 Å². The van der Waals surface area contributed by atoms with Crippen molar-refractivity contribution in [2.24, 2.45) is 5.73 Å². The summed E-state index contributed by atoms with van der Waals surface area (Å²) in [5.74, 6) is 0. The van der Waals surface area contributed by atoms with E-state index in [2.05, 4.69) is 33.9 Å². The van der Waals surface area contributed by atoms with Gasteiger partial charge in [0.15, 0.2) is 0 Å². The second kappa shape index (κ2) is 10.8. The monoisotopic (exact) mass is 207 g/mol. The normalized spacial score (nSPS) is 10.8. The van der Waals surface area contributed by atoms with E-state index in [1.165, 1.54) is 6.42 Å². The van der Waals surface area contributed by atoms with Crippen LogP contribution in [0.5, 0.6) is 0 Å². The molecule has 0 aromatic carbocycles. The average molecular weight is 207 g/mol. The Bertz CT molecular complexity index is 244. The molecule has 0 aromatic heterocycles. The molecular formula is C14H25N. The first-order valence-electron chi connectivity index (χ1n) is 5.46. The van der Waals surface area contributed by atoms with Gasteiger partial charge in [0.25, 0.3) is 0 Å². The maximum absolute atomic E-state index is 5.62. The van der Waals surface area contributed by atoms with E-state index in [1.54, 1.807) is 0 Å². The average Bonchev–Trinajstić information content (AvgIpc) is 2.18. The van der Waals surface area contributed by atoms with E-state index in [9.17, 15) is 0 Å². The van der Waals surface area contributed by atoms with Crippen LogP contribution in [0.3, 0.4) is 0 Å². The van der Waals surface area contributed by atoms with Gasteiger partial charge in [-0.2, -0.15) is 0 Å². The van der Waals surface area contributed by atoms with Gasteiger partial charge in [-0.15, -0.1) is 0 Å². The molecule has 1 nitrogen and oxygen atoms in total. The summed E-state index contributed by atoms with van der Waals surface area (Å²) in [7, 11) is 0. The van der Waals surface area contributed by atoms with Crippen LogP contribution >= 0.6 is 0 Å². The minimum absolute atomic E-state index is 0.718. The van der Waals surface area contributed by atoms with Crippen LogP contribution in [0.4, 0.5) is 0 Å². The molecule has 0 saturated carbocycles. The third kappa shape index (κ3) is 12.8. The van der Waals surface area contributed by atoms with Crippen molar-refractivity contribution in [2.75, 3.05) is 0 Å². The van der Waals surface area contributed by atoms with E-state index in [0.29, 0.717) is 0 Å². The lowest BCUT2D eigenvalue weighted by atomic mass is 10.2. The van der Waals surface area contributed by atoms with E-state index < -0.39 is 0 Å². The molecule has 0 bridgehead atoms. The maximum atomic E-state index is 5.62. The summed E-state index contributed by atoms with van der Waals surface area (Å²) in [5.41, 5.74) is 8.33. The van der Waals surface area contributed by atoms with Crippen molar-refractivity contribution in [3.63, 3.8) is 0 Å². The van der Waals surface area contributed by atoms with Gasteiger partial charge in [0, 0.05) is 5.70 Å². The van der Waals surface area contributed by atoms with Gasteiger partial charge >= 0.3 is 0 Å². The molecule has 0 atom stereocenters. The van der Waals surface area contributed by atoms with Crippen LogP contribution in [-0.4, -0.2) is 0 Å². The van der Waals surface area contributed by atoms with Crippen molar-refractivity contribution in [2.45, 2.75) is 40.5 Å². The highest BCUT2D eigenvalue weighted by molar-refractivity contribution is 5.29. The van der Waals surface area contributed by atoms with Crippen molar-refractivity contribution in [1.82, 2.24) is 0 Å². The van der Waals surface area contributed by atoms with E-state index in [4.69, 9.17) is 5.73 Å². The minimum Gasteiger partial charge on any atom is -0.399 e. The fraction of sp³-hybridized carbons (Fsp3) is 0.429. The van der Waals surface area contributed by atoms with Gasteiger partial charge in [-0.05, 0) is 25.0 Å². The summed E-state index contributed by atoms with van der Waals surface area (Å²) in [5, 5.41) is 0. The van der Waals surface area contributed by atoms with Crippen LogP contribution in [0.1, 0.15) is 40.5 Å². The third-order valence-corrected chi connectivity index (χ3v) is 1.55. The molecule has 0 radical (unpaired) electrons. The van der Waals surface area contributed by atoms with Crippen LogP contribution < -0.4 is 5.73 Å². The quantitative estimate of drug-likeness (QED) is 0.682. The molecule has 0 aliphatic rings. The number of nitrogens with two attached hydrogens (primary N) is 1. The van der Waals surface area contributed by atoms with Gasteiger partial charge in [0.2, 0.25) is 0 Å². The summed E-state index contributed by atoms with van der Waals surface area (Å²) in [6.45, 7) is 15.8. The second-order valence-corrected chi connectivity index (χ2v) is 3.48. The highest BCUT2D eigenvalue weighted by Gasteiger charge is 1.85. The lowest BCUT2D eigenvalue weighted by molar-refractivity contribution is 1.09. The van der Waals surface area contributed by atoms with Gasteiger partial charge < -0.3 is 5.73 Å². The molecule has 0 spiro atoms. The molecule has 0 heterocycles. The predicted octanol–water partition coefficient (Wildman–Crippen LogP) is 4.34. The van der Waals surface area contributed by atoms with Crippen molar-refractivity contribution in [1.29, 1.82) is 0 Å². The lowest BCUT2D eigenvalue weighted by Crippen LogP contribution is -1.95. The van der Waals surface area contributed by atoms with Gasteiger partial charge in [-0.3, -0.25) is 0 Å². The Hall–Kier alpha value is -1.24. The van der Waals surface area contributed by atoms with Crippen molar-refractivity contribution in [3.8, 4) is 0 Å². The first-order valence-corrected chi connectivity index (χ1v) is 5.46. The molecule has 0 rings (SSSR count). The second-order valence-electron chi connectivity index (χ2n) is 3.48. The predicted molar refractivity (Wildman–Crippen MR) is 71.6 cm³/mol. The zero-order valence-corrected chi connectivity index (χ0v) is 10.6. The topological polar surface area (TPSA) is 26.0 Å². The van der Waals surface area contributed by atoms with E-state index >= 15 is 0 Å². The summed E-state index contributed by atoms with van der Waals surface area (Å²) in [6.07, 6.45) is 7.91. The Morgan fingerprint density at radius 2 is 1.67 bits per heavy atom. The molecule has 15 heavy (non-hydrogen) atoms. The minimum atomic E-state index is 0.718. The molecule has 2 N–H and O–H groups in total. The van der Waals surface area contributed by atoms with E-state index in [0.717, 1.165) is 23.3 Å². The number of hydrogen-bond donors (Lipinski definition) is 1. The fourth-order valence-corrected chi connectivity index (χ4v) is 0.548. The number of allylic oxidation sites excluding steroid dienone is 5. The van der Waals surface area contributed by atoms with Crippen molar-refractivity contribution >= 4 is 0 Å². The molecule has 86 valence electrons. The van der Waals surface area contributed by atoms with Crippen LogP contribution in [0.15, 0.2) is 48.2 Å². The van der Waals surface area contributed by atoms with E-state index in [1.807, 2.05) is 25.2 Å². The zero-order valence-electron chi connectivity index (χ0n) is 10.6. The number of hydrogen-bond acceptors (Lipinski definition) is 1. The fourth-order valence-electron chi connectivity index (χ4n) is 0.548. The van der Waals surface area contributed by atoms with Crippen molar-refractivity contribution in [3.05, 3.63) is 48.2 Å². The third-order valence-electron chi connectivity index (χ3n) is 1.55. The first-order chi connectivity index (χ1) is 6.99. The summed E-state index contributed by atoms with van der Waals surface area (Å²) >= 11 is 0. The van der Waals surface area contributed by atoms with Crippen LogP contribution in [0, 0.1) is 0 Å². The molecule has 0 fully saturated rings. The standard InChI is InChI=1S/C11H17N.C3H8/c1-5-10(4)7-6-8-11(12)9(2)3;1-3-2/h6-8H,2,4-5,12H2,1,3H3;3H2,1-2H3/b7-6-,11-8-;. The van der Waals surface area contributed by atoms with Gasteiger partial charge in [0.05, 0.1) is 0 Å². The largest absolute Gasteiger partial charge is 0.399 e. The number of rotatable bonds is 4. The van der Waals surface area contributed by atoms with Gasteiger partial charge in [-0.1, -0.05) is 58.1 Å². The maximum Gasteiger partial charge on any atom is 0.0337 e. The summed E-state index contributed by atoms with van der Waals surface area (Å²) < 4.78 is 0. The SMILES string of the molecule is C=C(/C=C\C=C(/N)C(=C)C)CC.CCC. The summed E-state index contributed by atoms with van der Waals surface area (Å²) in [4.78, 5) is 0.